The van der Waals surface area contributed by atoms with E-state index in [1.54, 1.807) is 0 Å². The molecule has 2 atom stereocenters. The molecule has 2 fully saturated rings. The molecule has 0 bridgehead atoms. The molecule has 0 spiro atoms. The van der Waals surface area contributed by atoms with Crippen LogP contribution < -0.4 is 10.6 Å². The van der Waals surface area contributed by atoms with Gasteiger partial charge in [0.1, 0.15) is 6.61 Å². The third-order valence-electron chi connectivity index (χ3n) is 4.31. The highest BCUT2D eigenvalue weighted by atomic mass is 16.5. The molecule has 7 heteroatoms. The van der Waals surface area contributed by atoms with Crippen LogP contribution in [0.2, 0.25) is 0 Å². The smallest absolute Gasteiger partial charge is 0.329 e. The Balaban J connectivity index is 1.71. The van der Waals surface area contributed by atoms with E-state index < -0.39 is 5.97 Å². The fourth-order valence-corrected chi connectivity index (χ4v) is 3.08. The maximum absolute atomic E-state index is 12.0. The topological polar surface area (TPSA) is 96.9 Å². The van der Waals surface area contributed by atoms with E-state index in [0.29, 0.717) is 32.1 Å². The molecule has 0 aromatic heterocycles. The zero-order valence-electron chi connectivity index (χ0n) is 12.9. The number of carboxylic acids is 1. The van der Waals surface area contributed by atoms with Crippen molar-refractivity contribution in [2.45, 2.75) is 50.7 Å². The standard InChI is InChI=1S/C15H26N2O5/c18-14(19)10-22-13-6-7-21-9-12(13)17-15(20)16-8-11-4-2-1-3-5-11/h11-13H,1-10H2,(H,18,19)(H2,16,17,20)/t12-,13+/m0/s1. The first-order chi connectivity index (χ1) is 10.6. The molecule has 1 aliphatic carbocycles. The van der Waals surface area contributed by atoms with Crippen LogP contribution in [0.5, 0.6) is 0 Å². The number of urea groups is 1. The number of hydrogen-bond donors (Lipinski definition) is 3. The van der Waals surface area contributed by atoms with Gasteiger partial charge in [-0.15, -0.1) is 0 Å². The van der Waals surface area contributed by atoms with E-state index in [2.05, 4.69) is 10.6 Å². The van der Waals surface area contributed by atoms with E-state index in [4.69, 9.17) is 14.6 Å². The summed E-state index contributed by atoms with van der Waals surface area (Å²) in [5.74, 6) is -0.437. The minimum atomic E-state index is -1.01. The summed E-state index contributed by atoms with van der Waals surface area (Å²) in [5.41, 5.74) is 0. The van der Waals surface area contributed by atoms with E-state index >= 15 is 0 Å². The first-order valence-corrected chi connectivity index (χ1v) is 8.10. The molecule has 1 heterocycles. The molecule has 0 aromatic carbocycles. The number of rotatable bonds is 6. The number of carbonyl (C=O) groups is 2. The van der Waals surface area contributed by atoms with E-state index in [1.165, 1.54) is 32.1 Å². The third kappa shape index (κ3) is 5.81. The monoisotopic (exact) mass is 314 g/mol. The number of carboxylic acid groups (broad SMARTS) is 1. The van der Waals surface area contributed by atoms with Gasteiger partial charge in [-0.1, -0.05) is 19.3 Å². The average molecular weight is 314 g/mol. The van der Waals surface area contributed by atoms with Crippen LogP contribution in [-0.2, 0) is 14.3 Å². The molecule has 0 unspecified atom stereocenters. The van der Waals surface area contributed by atoms with Gasteiger partial charge in [-0.2, -0.15) is 0 Å². The maximum atomic E-state index is 12.0. The van der Waals surface area contributed by atoms with Gasteiger partial charge < -0.3 is 25.2 Å². The van der Waals surface area contributed by atoms with E-state index in [0.717, 1.165) is 0 Å². The molecule has 2 aliphatic rings. The zero-order valence-corrected chi connectivity index (χ0v) is 12.9. The molecule has 0 aromatic rings. The van der Waals surface area contributed by atoms with Crippen LogP contribution in [-0.4, -0.2) is 55.6 Å². The fourth-order valence-electron chi connectivity index (χ4n) is 3.08. The molecule has 2 amide bonds. The number of hydrogen-bond acceptors (Lipinski definition) is 4. The Bertz CT molecular complexity index is 371. The van der Waals surface area contributed by atoms with Crippen LogP contribution in [0.4, 0.5) is 4.79 Å². The molecule has 1 saturated heterocycles. The van der Waals surface area contributed by atoms with E-state index in [1.807, 2.05) is 0 Å². The molecule has 1 saturated carbocycles. The lowest BCUT2D eigenvalue weighted by atomic mass is 9.89. The maximum Gasteiger partial charge on any atom is 0.329 e. The fraction of sp³-hybridized carbons (Fsp3) is 0.867. The number of nitrogens with one attached hydrogen (secondary N) is 2. The van der Waals surface area contributed by atoms with Crippen LogP contribution in [0.15, 0.2) is 0 Å². The Kier molecular flexibility index (Phi) is 6.92. The van der Waals surface area contributed by atoms with Crippen molar-refractivity contribution in [3.05, 3.63) is 0 Å². The Hall–Kier alpha value is -1.34. The molecule has 126 valence electrons. The molecule has 7 nitrogen and oxygen atoms in total. The van der Waals surface area contributed by atoms with Crippen molar-refractivity contribution in [1.82, 2.24) is 10.6 Å². The Morgan fingerprint density at radius 2 is 1.95 bits per heavy atom. The highest BCUT2D eigenvalue weighted by Gasteiger charge is 2.28. The second-order valence-electron chi connectivity index (χ2n) is 6.07. The zero-order chi connectivity index (χ0) is 15.8. The third-order valence-corrected chi connectivity index (χ3v) is 4.31. The first kappa shape index (κ1) is 17.0. The predicted molar refractivity (Wildman–Crippen MR) is 79.7 cm³/mol. The molecule has 22 heavy (non-hydrogen) atoms. The van der Waals surface area contributed by atoms with E-state index in [-0.39, 0.29) is 24.8 Å². The van der Waals surface area contributed by atoms with Crippen LogP contribution in [0.3, 0.4) is 0 Å². The summed E-state index contributed by atoms with van der Waals surface area (Å²) in [5, 5.41) is 14.4. The number of aliphatic carboxylic acids is 1. The van der Waals surface area contributed by atoms with Crippen molar-refractivity contribution in [1.29, 1.82) is 0 Å². The summed E-state index contributed by atoms with van der Waals surface area (Å²) in [6.45, 7) is 1.21. The van der Waals surface area contributed by atoms with Crippen molar-refractivity contribution in [3.8, 4) is 0 Å². The van der Waals surface area contributed by atoms with Crippen LogP contribution in [0.25, 0.3) is 0 Å². The molecule has 2 rings (SSSR count). The van der Waals surface area contributed by atoms with Gasteiger partial charge in [0.25, 0.3) is 0 Å². The number of amides is 2. The summed E-state index contributed by atoms with van der Waals surface area (Å²) in [6.07, 6.45) is 6.41. The van der Waals surface area contributed by atoms with E-state index in [9.17, 15) is 9.59 Å². The molecule has 3 N–H and O–H groups in total. The predicted octanol–water partition coefficient (Wildman–Crippen LogP) is 1.12. The van der Waals surface area contributed by atoms with Gasteiger partial charge in [0.2, 0.25) is 0 Å². The highest BCUT2D eigenvalue weighted by molar-refractivity contribution is 5.74. The summed E-state index contributed by atoms with van der Waals surface area (Å²) >= 11 is 0. The minimum Gasteiger partial charge on any atom is -0.480 e. The minimum absolute atomic E-state index is 0.231. The van der Waals surface area contributed by atoms with Gasteiger partial charge in [-0.3, -0.25) is 0 Å². The summed E-state index contributed by atoms with van der Waals surface area (Å²) in [7, 11) is 0. The molecular formula is C15H26N2O5. The van der Waals surface area contributed by atoms with Crippen molar-refractivity contribution in [2.75, 3.05) is 26.4 Å². The normalized spacial score (nSPS) is 26.4. The van der Waals surface area contributed by atoms with Gasteiger partial charge >= 0.3 is 12.0 Å². The first-order valence-electron chi connectivity index (χ1n) is 8.10. The van der Waals surface area contributed by atoms with Gasteiger partial charge in [0.05, 0.1) is 18.8 Å². The van der Waals surface area contributed by atoms with Gasteiger partial charge in [0, 0.05) is 13.2 Å². The summed E-state index contributed by atoms with van der Waals surface area (Å²) in [4.78, 5) is 22.6. The summed E-state index contributed by atoms with van der Waals surface area (Å²) < 4.78 is 10.7. The quantitative estimate of drug-likeness (QED) is 0.683. The van der Waals surface area contributed by atoms with Crippen molar-refractivity contribution in [3.63, 3.8) is 0 Å². The largest absolute Gasteiger partial charge is 0.480 e. The summed E-state index contributed by atoms with van der Waals surface area (Å²) in [6, 6.07) is -0.538. The average Bonchev–Trinajstić information content (AvgIpc) is 2.53. The van der Waals surface area contributed by atoms with Gasteiger partial charge in [0.15, 0.2) is 0 Å². The second-order valence-corrected chi connectivity index (χ2v) is 6.07. The SMILES string of the molecule is O=C(O)CO[C@@H]1CCOC[C@@H]1NC(=O)NCC1CCCCC1. The lowest BCUT2D eigenvalue weighted by molar-refractivity contribution is -0.147. The lowest BCUT2D eigenvalue weighted by Crippen LogP contribution is -2.54. The Morgan fingerprint density at radius 3 is 2.68 bits per heavy atom. The molecular weight excluding hydrogens is 288 g/mol. The van der Waals surface area contributed by atoms with Crippen molar-refractivity contribution < 1.29 is 24.2 Å². The molecule has 1 aliphatic heterocycles. The highest BCUT2D eigenvalue weighted by Crippen LogP contribution is 2.22. The Labute approximate surface area is 130 Å². The van der Waals surface area contributed by atoms with Crippen LogP contribution in [0, 0.1) is 5.92 Å². The van der Waals surface area contributed by atoms with Gasteiger partial charge in [-0.25, -0.2) is 9.59 Å². The van der Waals surface area contributed by atoms with Crippen LogP contribution >= 0.6 is 0 Å². The van der Waals surface area contributed by atoms with Crippen molar-refractivity contribution in [2.24, 2.45) is 5.92 Å². The van der Waals surface area contributed by atoms with Gasteiger partial charge in [-0.05, 0) is 25.2 Å². The molecule has 0 radical (unpaired) electrons. The lowest BCUT2D eigenvalue weighted by Gasteiger charge is -2.32. The number of carbonyl (C=O) groups excluding carboxylic acids is 1. The van der Waals surface area contributed by atoms with Crippen molar-refractivity contribution >= 4 is 12.0 Å². The Morgan fingerprint density at radius 1 is 1.18 bits per heavy atom. The number of ether oxygens (including phenoxy) is 2. The van der Waals surface area contributed by atoms with Crippen LogP contribution in [0.1, 0.15) is 38.5 Å². The second kappa shape index (κ2) is 8.95.